The molecule has 5 nitrogen and oxygen atoms in total. The van der Waals surface area contributed by atoms with E-state index in [1.165, 1.54) is 0 Å². The monoisotopic (exact) mass is 365 g/mol. The van der Waals surface area contributed by atoms with Crippen LogP contribution in [0.4, 0.5) is 0 Å². The molecule has 118 valence electrons. The van der Waals surface area contributed by atoms with Crippen LogP contribution in [0.5, 0.6) is 0 Å². The number of amides is 1. The number of carbonyl (C=O) groups is 1. The molecule has 1 unspecified atom stereocenters. The molecule has 0 aromatic carbocycles. The highest BCUT2D eigenvalue weighted by Gasteiger charge is 2.21. The van der Waals surface area contributed by atoms with Gasteiger partial charge in [0.15, 0.2) is 0 Å². The third kappa shape index (κ3) is 4.18. The molecule has 22 heavy (non-hydrogen) atoms. The van der Waals surface area contributed by atoms with E-state index in [2.05, 4.69) is 45.0 Å². The summed E-state index contributed by atoms with van der Waals surface area (Å²) in [5.74, 6) is 0.717. The molecular formula is C16H20BrN3O2. The van der Waals surface area contributed by atoms with Crippen LogP contribution in [-0.2, 0) is 0 Å². The lowest BCUT2D eigenvalue weighted by atomic mass is 10.1. The molecule has 1 N–H and O–H groups in total. The second-order valence-corrected chi connectivity index (χ2v) is 5.77. The van der Waals surface area contributed by atoms with Crippen molar-refractivity contribution in [2.24, 2.45) is 0 Å². The molecule has 0 fully saturated rings. The highest BCUT2D eigenvalue weighted by molar-refractivity contribution is 9.10. The molecule has 0 spiro atoms. The maximum atomic E-state index is 12.2. The van der Waals surface area contributed by atoms with Gasteiger partial charge in [-0.2, -0.15) is 0 Å². The van der Waals surface area contributed by atoms with Gasteiger partial charge in [0, 0.05) is 23.4 Å². The van der Waals surface area contributed by atoms with Crippen molar-refractivity contribution in [1.29, 1.82) is 0 Å². The summed E-state index contributed by atoms with van der Waals surface area (Å²) in [6.07, 6.45) is 4.86. The summed E-state index contributed by atoms with van der Waals surface area (Å²) >= 11 is 3.32. The van der Waals surface area contributed by atoms with E-state index >= 15 is 0 Å². The van der Waals surface area contributed by atoms with Gasteiger partial charge in [0.25, 0.3) is 5.91 Å². The number of rotatable bonds is 7. The van der Waals surface area contributed by atoms with Gasteiger partial charge in [-0.1, -0.05) is 13.8 Å². The molecule has 0 saturated carbocycles. The summed E-state index contributed by atoms with van der Waals surface area (Å²) in [7, 11) is 0. The van der Waals surface area contributed by atoms with Crippen LogP contribution in [-0.4, -0.2) is 35.4 Å². The molecule has 6 heteroatoms. The topological polar surface area (TPSA) is 58.4 Å². The zero-order chi connectivity index (χ0) is 15.9. The van der Waals surface area contributed by atoms with Crippen molar-refractivity contribution in [3.63, 3.8) is 0 Å². The van der Waals surface area contributed by atoms with Gasteiger partial charge in [-0.25, -0.2) is 0 Å². The molecular weight excluding hydrogens is 346 g/mol. The van der Waals surface area contributed by atoms with E-state index in [-0.39, 0.29) is 11.9 Å². The number of nitrogens with one attached hydrogen (secondary N) is 1. The van der Waals surface area contributed by atoms with E-state index in [1.54, 1.807) is 24.7 Å². The van der Waals surface area contributed by atoms with Crippen LogP contribution in [0, 0.1) is 0 Å². The Labute approximate surface area is 138 Å². The van der Waals surface area contributed by atoms with Gasteiger partial charge in [-0.05, 0) is 47.2 Å². The molecule has 0 radical (unpaired) electrons. The first-order valence-corrected chi connectivity index (χ1v) is 8.11. The number of pyridine rings is 1. The summed E-state index contributed by atoms with van der Waals surface area (Å²) in [5.41, 5.74) is 0.534. The Morgan fingerprint density at radius 3 is 2.77 bits per heavy atom. The first kappa shape index (κ1) is 16.7. The number of nitrogens with zero attached hydrogens (tertiary/aromatic N) is 2. The maximum Gasteiger partial charge on any atom is 0.252 e. The zero-order valence-corrected chi connectivity index (χ0v) is 14.3. The van der Waals surface area contributed by atoms with Crippen LogP contribution in [0.1, 0.15) is 36.0 Å². The largest absolute Gasteiger partial charge is 0.468 e. The zero-order valence-electron chi connectivity index (χ0n) is 12.8. The van der Waals surface area contributed by atoms with E-state index in [9.17, 15) is 4.79 Å². The molecule has 1 atom stereocenters. The third-order valence-corrected chi connectivity index (χ3v) is 3.98. The van der Waals surface area contributed by atoms with Crippen LogP contribution >= 0.6 is 15.9 Å². The van der Waals surface area contributed by atoms with Gasteiger partial charge in [-0.15, -0.1) is 0 Å². The van der Waals surface area contributed by atoms with Crippen LogP contribution < -0.4 is 5.32 Å². The van der Waals surface area contributed by atoms with E-state index in [4.69, 9.17) is 4.42 Å². The SMILES string of the molecule is CCN(CC)C(CNC(=O)c1cncc(Br)c1)c1ccco1. The van der Waals surface area contributed by atoms with Gasteiger partial charge in [0.05, 0.1) is 17.9 Å². The molecule has 2 aromatic heterocycles. The van der Waals surface area contributed by atoms with E-state index in [1.807, 2.05) is 12.1 Å². The van der Waals surface area contributed by atoms with Crippen molar-refractivity contribution < 1.29 is 9.21 Å². The van der Waals surface area contributed by atoms with Crippen molar-refractivity contribution in [3.05, 3.63) is 52.7 Å². The van der Waals surface area contributed by atoms with Crippen molar-refractivity contribution >= 4 is 21.8 Å². The molecule has 0 saturated heterocycles. The molecule has 0 aliphatic carbocycles. The lowest BCUT2D eigenvalue weighted by Gasteiger charge is -2.28. The van der Waals surface area contributed by atoms with Gasteiger partial charge in [0.2, 0.25) is 0 Å². The lowest BCUT2D eigenvalue weighted by Crippen LogP contribution is -2.38. The van der Waals surface area contributed by atoms with Crippen molar-refractivity contribution in [2.75, 3.05) is 19.6 Å². The van der Waals surface area contributed by atoms with Crippen LogP contribution in [0.25, 0.3) is 0 Å². The molecule has 0 aliphatic rings. The number of hydrogen-bond donors (Lipinski definition) is 1. The van der Waals surface area contributed by atoms with Crippen molar-refractivity contribution in [2.45, 2.75) is 19.9 Å². The highest BCUT2D eigenvalue weighted by atomic mass is 79.9. The number of halogens is 1. The summed E-state index contributed by atoms with van der Waals surface area (Å²) in [4.78, 5) is 18.5. The summed E-state index contributed by atoms with van der Waals surface area (Å²) in [6.45, 7) is 6.45. The second kappa shape index (κ2) is 8.10. The highest BCUT2D eigenvalue weighted by Crippen LogP contribution is 2.20. The predicted octanol–water partition coefficient (Wildman–Crippen LogP) is 3.25. The minimum Gasteiger partial charge on any atom is -0.468 e. The number of hydrogen-bond acceptors (Lipinski definition) is 4. The number of aromatic nitrogens is 1. The van der Waals surface area contributed by atoms with Crippen LogP contribution in [0.3, 0.4) is 0 Å². The Hall–Kier alpha value is -1.66. The smallest absolute Gasteiger partial charge is 0.252 e. The predicted molar refractivity (Wildman–Crippen MR) is 88.6 cm³/mol. The van der Waals surface area contributed by atoms with Crippen molar-refractivity contribution in [1.82, 2.24) is 15.2 Å². The van der Waals surface area contributed by atoms with Crippen molar-refractivity contribution in [3.8, 4) is 0 Å². The Bertz CT molecular complexity index is 597. The normalized spacial score (nSPS) is 12.4. The molecule has 0 aliphatic heterocycles. The van der Waals surface area contributed by atoms with E-state index in [0.717, 1.165) is 23.3 Å². The van der Waals surface area contributed by atoms with Crippen LogP contribution in [0.15, 0.2) is 45.7 Å². The first-order chi connectivity index (χ1) is 10.7. The molecule has 2 aromatic rings. The summed E-state index contributed by atoms with van der Waals surface area (Å²) in [5, 5.41) is 2.96. The average Bonchev–Trinajstić information content (AvgIpc) is 3.05. The fourth-order valence-corrected chi connectivity index (χ4v) is 2.75. The fourth-order valence-electron chi connectivity index (χ4n) is 2.38. The fraction of sp³-hybridized carbons (Fsp3) is 0.375. The summed E-state index contributed by atoms with van der Waals surface area (Å²) < 4.78 is 6.31. The first-order valence-electron chi connectivity index (χ1n) is 7.31. The Morgan fingerprint density at radius 2 is 2.18 bits per heavy atom. The molecule has 2 heterocycles. The van der Waals surface area contributed by atoms with Crippen LogP contribution in [0.2, 0.25) is 0 Å². The maximum absolute atomic E-state index is 12.2. The van der Waals surface area contributed by atoms with Gasteiger partial charge in [0.1, 0.15) is 5.76 Å². The Balaban J connectivity index is 2.06. The third-order valence-electron chi connectivity index (χ3n) is 3.55. The molecule has 0 bridgehead atoms. The van der Waals surface area contributed by atoms with Gasteiger partial charge < -0.3 is 9.73 Å². The number of furan rings is 1. The van der Waals surface area contributed by atoms with E-state index in [0.29, 0.717) is 12.1 Å². The Kier molecular flexibility index (Phi) is 6.15. The van der Waals surface area contributed by atoms with Gasteiger partial charge >= 0.3 is 0 Å². The van der Waals surface area contributed by atoms with Gasteiger partial charge in [-0.3, -0.25) is 14.7 Å². The molecule has 2 rings (SSSR count). The second-order valence-electron chi connectivity index (χ2n) is 4.85. The Morgan fingerprint density at radius 1 is 1.41 bits per heavy atom. The lowest BCUT2D eigenvalue weighted by molar-refractivity contribution is 0.0929. The summed E-state index contributed by atoms with van der Waals surface area (Å²) in [6, 6.07) is 5.58. The molecule has 1 amide bonds. The number of likely N-dealkylation sites (N-methyl/N-ethyl adjacent to an activating group) is 1. The number of carbonyl (C=O) groups excluding carboxylic acids is 1. The quantitative estimate of drug-likeness (QED) is 0.817. The average molecular weight is 366 g/mol. The minimum atomic E-state index is -0.141. The minimum absolute atomic E-state index is 0.0223. The standard InChI is InChI=1S/C16H20BrN3O2/c1-3-20(4-2)14(15-6-5-7-22-15)11-19-16(21)12-8-13(17)10-18-9-12/h5-10,14H,3-4,11H2,1-2H3,(H,19,21). The van der Waals surface area contributed by atoms with E-state index < -0.39 is 0 Å².